The van der Waals surface area contributed by atoms with Crippen molar-refractivity contribution in [1.29, 1.82) is 0 Å². The zero-order valence-corrected chi connectivity index (χ0v) is 15.2. The lowest BCUT2D eigenvalue weighted by Crippen LogP contribution is -2.43. The summed E-state index contributed by atoms with van der Waals surface area (Å²) in [6.45, 7) is -0.412. The van der Waals surface area contributed by atoms with Gasteiger partial charge in [0.05, 0.1) is 12.3 Å². The van der Waals surface area contributed by atoms with E-state index < -0.39 is 17.8 Å². The van der Waals surface area contributed by atoms with Gasteiger partial charge in [0, 0.05) is 5.56 Å². The van der Waals surface area contributed by atoms with Crippen molar-refractivity contribution in [3.05, 3.63) is 58.9 Å². The van der Waals surface area contributed by atoms with E-state index in [-0.39, 0.29) is 28.8 Å². The van der Waals surface area contributed by atoms with Crippen LogP contribution in [-0.4, -0.2) is 16.1 Å². The molecule has 1 amide bonds. The molecule has 27 heavy (non-hydrogen) atoms. The SMILES string of the molecule is O=C1Nc2c(ccc(CO)c2F)C1(c1ccc(O)cc1)C1CCCCCC1. The molecule has 0 spiro atoms. The molecule has 0 saturated heterocycles. The molecule has 0 bridgehead atoms. The van der Waals surface area contributed by atoms with Gasteiger partial charge in [-0.1, -0.05) is 49.9 Å². The molecular weight excluding hydrogens is 345 g/mol. The lowest BCUT2D eigenvalue weighted by atomic mass is 9.64. The maximum absolute atomic E-state index is 14.9. The maximum atomic E-state index is 14.9. The van der Waals surface area contributed by atoms with Crippen LogP contribution in [0.3, 0.4) is 0 Å². The quantitative estimate of drug-likeness (QED) is 0.709. The predicted molar refractivity (Wildman–Crippen MR) is 101 cm³/mol. The van der Waals surface area contributed by atoms with Gasteiger partial charge in [0.25, 0.3) is 0 Å². The molecule has 2 aliphatic rings. The first-order chi connectivity index (χ1) is 13.1. The molecule has 2 aromatic rings. The average molecular weight is 369 g/mol. The third-order valence-corrected chi connectivity index (χ3v) is 6.20. The second-order valence-electron chi connectivity index (χ2n) is 7.62. The number of phenols is 1. The number of aromatic hydroxyl groups is 1. The molecule has 1 aliphatic heterocycles. The van der Waals surface area contributed by atoms with Crippen LogP contribution in [0.1, 0.15) is 55.2 Å². The van der Waals surface area contributed by atoms with E-state index in [1.165, 1.54) is 0 Å². The van der Waals surface area contributed by atoms with E-state index in [9.17, 15) is 19.4 Å². The second kappa shape index (κ2) is 6.97. The number of benzene rings is 2. The second-order valence-corrected chi connectivity index (χ2v) is 7.62. The molecule has 1 saturated carbocycles. The molecule has 2 aromatic carbocycles. The summed E-state index contributed by atoms with van der Waals surface area (Å²) in [7, 11) is 0. The Bertz CT molecular complexity index is 857. The van der Waals surface area contributed by atoms with Gasteiger partial charge in [-0.2, -0.15) is 0 Å². The van der Waals surface area contributed by atoms with Crippen LogP contribution in [0, 0.1) is 11.7 Å². The van der Waals surface area contributed by atoms with Crippen molar-refractivity contribution in [3.63, 3.8) is 0 Å². The van der Waals surface area contributed by atoms with Crippen molar-refractivity contribution in [3.8, 4) is 5.75 Å². The molecule has 0 aromatic heterocycles. The number of phenolic OH excluding ortho intramolecular Hbond substituents is 1. The summed E-state index contributed by atoms with van der Waals surface area (Å²) in [5, 5.41) is 21.9. The molecule has 3 N–H and O–H groups in total. The molecule has 1 fully saturated rings. The van der Waals surface area contributed by atoms with Crippen LogP contribution in [0.15, 0.2) is 36.4 Å². The van der Waals surface area contributed by atoms with E-state index in [2.05, 4.69) is 5.32 Å². The van der Waals surface area contributed by atoms with Crippen LogP contribution in [-0.2, 0) is 16.8 Å². The number of carbonyl (C=O) groups excluding carboxylic acids is 1. The van der Waals surface area contributed by atoms with E-state index >= 15 is 0 Å². The Hall–Kier alpha value is -2.40. The van der Waals surface area contributed by atoms with Crippen molar-refractivity contribution in [1.82, 2.24) is 0 Å². The summed E-state index contributed by atoms with van der Waals surface area (Å²) in [6, 6.07) is 10.1. The number of carbonyl (C=O) groups is 1. The number of nitrogens with one attached hydrogen (secondary N) is 1. The first kappa shape index (κ1) is 18.0. The minimum absolute atomic E-state index is 0.0603. The molecule has 5 heteroatoms. The highest BCUT2D eigenvalue weighted by atomic mass is 19.1. The summed E-state index contributed by atoms with van der Waals surface area (Å²) < 4.78 is 14.9. The Morgan fingerprint density at radius 2 is 1.70 bits per heavy atom. The lowest BCUT2D eigenvalue weighted by Gasteiger charge is -2.36. The number of amides is 1. The normalized spacial score (nSPS) is 23.0. The molecule has 142 valence electrons. The molecule has 4 nitrogen and oxygen atoms in total. The Kier molecular flexibility index (Phi) is 4.64. The Labute approximate surface area is 158 Å². The third kappa shape index (κ3) is 2.72. The molecule has 0 radical (unpaired) electrons. The van der Waals surface area contributed by atoms with Crippen LogP contribution >= 0.6 is 0 Å². The Morgan fingerprint density at radius 1 is 1.04 bits per heavy atom. The van der Waals surface area contributed by atoms with E-state index in [1.54, 1.807) is 36.4 Å². The summed E-state index contributed by atoms with van der Waals surface area (Å²) in [4.78, 5) is 13.4. The highest BCUT2D eigenvalue weighted by Gasteiger charge is 2.54. The summed E-state index contributed by atoms with van der Waals surface area (Å²) in [5.74, 6) is -0.581. The van der Waals surface area contributed by atoms with Gasteiger partial charge in [0.1, 0.15) is 11.2 Å². The first-order valence-corrected chi connectivity index (χ1v) is 9.62. The number of aliphatic hydroxyl groups excluding tert-OH is 1. The largest absolute Gasteiger partial charge is 0.508 e. The monoisotopic (exact) mass is 369 g/mol. The van der Waals surface area contributed by atoms with E-state index in [0.717, 1.165) is 44.1 Å². The van der Waals surface area contributed by atoms with Crippen LogP contribution < -0.4 is 5.32 Å². The molecule has 1 aliphatic carbocycles. The van der Waals surface area contributed by atoms with Crippen LogP contribution in [0.25, 0.3) is 0 Å². The van der Waals surface area contributed by atoms with Gasteiger partial charge < -0.3 is 15.5 Å². The van der Waals surface area contributed by atoms with Gasteiger partial charge in [-0.25, -0.2) is 4.39 Å². The third-order valence-electron chi connectivity index (χ3n) is 6.20. The number of rotatable bonds is 3. The van der Waals surface area contributed by atoms with Gasteiger partial charge >= 0.3 is 0 Å². The average Bonchev–Trinajstić information content (AvgIpc) is 2.83. The van der Waals surface area contributed by atoms with Crippen LogP contribution in [0.4, 0.5) is 10.1 Å². The van der Waals surface area contributed by atoms with E-state index in [4.69, 9.17) is 0 Å². The predicted octanol–water partition coefficient (Wildman–Crippen LogP) is 4.23. The van der Waals surface area contributed by atoms with Gasteiger partial charge in [-0.05, 0) is 42.0 Å². The van der Waals surface area contributed by atoms with Gasteiger partial charge in [-0.3, -0.25) is 4.79 Å². The fourth-order valence-electron chi connectivity index (χ4n) is 4.89. The molecule has 1 unspecified atom stereocenters. The fourth-order valence-corrected chi connectivity index (χ4v) is 4.89. The van der Waals surface area contributed by atoms with Crippen molar-refractivity contribution in [2.24, 2.45) is 5.92 Å². The van der Waals surface area contributed by atoms with Gasteiger partial charge in [-0.15, -0.1) is 0 Å². The minimum Gasteiger partial charge on any atom is -0.508 e. The van der Waals surface area contributed by atoms with Gasteiger partial charge in [0.2, 0.25) is 5.91 Å². The molecule has 1 heterocycles. The van der Waals surface area contributed by atoms with Gasteiger partial charge in [0.15, 0.2) is 5.82 Å². The van der Waals surface area contributed by atoms with E-state index in [0.29, 0.717) is 5.56 Å². The molecular formula is C22H24FNO3. The number of aliphatic hydroxyl groups is 1. The van der Waals surface area contributed by atoms with Crippen LogP contribution in [0.5, 0.6) is 5.75 Å². The topological polar surface area (TPSA) is 69.6 Å². The van der Waals surface area contributed by atoms with Crippen molar-refractivity contribution in [2.45, 2.75) is 50.5 Å². The molecule has 4 rings (SSSR count). The summed E-state index contributed by atoms with van der Waals surface area (Å²) >= 11 is 0. The Morgan fingerprint density at radius 3 is 2.33 bits per heavy atom. The van der Waals surface area contributed by atoms with Crippen molar-refractivity contribution < 1.29 is 19.4 Å². The van der Waals surface area contributed by atoms with E-state index in [1.807, 2.05) is 0 Å². The summed E-state index contributed by atoms with van der Waals surface area (Å²) in [5.41, 5.74) is 0.807. The van der Waals surface area contributed by atoms with Crippen molar-refractivity contribution >= 4 is 11.6 Å². The summed E-state index contributed by atoms with van der Waals surface area (Å²) in [6.07, 6.45) is 6.19. The highest BCUT2D eigenvalue weighted by Crippen LogP contribution is 2.52. The zero-order valence-electron chi connectivity index (χ0n) is 15.2. The molecule has 1 atom stereocenters. The zero-order chi connectivity index (χ0) is 19.0. The first-order valence-electron chi connectivity index (χ1n) is 9.62. The number of anilines is 1. The Balaban J connectivity index is 1.96. The smallest absolute Gasteiger partial charge is 0.239 e. The number of halogens is 1. The standard InChI is InChI=1S/C22H24FNO3/c23-19-14(13-25)7-12-18-20(19)24-21(27)22(18,15-5-3-1-2-4-6-15)16-8-10-17(26)11-9-16/h7-12,15,25-26H,1-6,13H2,(H,24,27). The minimum atomic E-state index is -0.970. The van der Waals surface area contributed by atoms with Crippen LogP contribution in [0.2, 0.25) is 0 Å². The highest BCUT2D eigenvalue weighted by molar-refractivity contribution is 6.09. The maximum Gasteiger partial charge on any atom is 0.239 e. The number of hydrogen-bond donors (Lipinski definition) is 3. The number of fused-ring (bicyclic) bond motifs is 1. The fraction of sp³-hybridized carbons (Fsp3) is 0.409. The number of hydrogen-bond acceptors (Lipinski definition) is 3. The van der Waals surface area contributed by atoms with Crippen molar-refractivity contribution in [2.75, 3.05) is 5.32 Å². The lowest BCUT2D eigenvalue weighted by molar-refractivity contribution is -0.121.